The van der Waals surface area contributed by atoms with Crippen molar-refractivity contribution in [2.45, 2.75) is 33.2 Å². The third-order valence-electron chi connectivity index (χ3n) is 3.73. The van der Waals surface area contributed by atoms with E-state index in [9.17, 15) is 4.79 Å². The molecular formula is C18H22N2O. The van der Waals surface area contributed by atoms with Crippen molar-refractivity contribution < 1.29 is 4.79 Å². The molecule has 1 amide bonds. The summed E-state index contributed by atoms with van der Waals surface area (Å²) in [6, 6.07) is 13.8. The molecule has 0 bridgehead atoms. The molecule has 3 heteroatoms. The normalized spacial score (nSPS) is 10.6. The molecule has 0 spiro atoms. The molecule has 0 atom stereocenters. The topological polar surface area (TPSA) is 33.2 Å². The van der Waals surface area contributed by atoms with Gasteiger partial charge in [-0.25, -0.2) is 0 Å². The first kappa shape index (κ1) is 15.2. The quantitative estimate of drug-likeness (QED) is 0.800. The summed E-state index contributed by atoms with van der Waals surface area (Å²) < 4.78 is 0. The summed E-state index contributed by atoms with van der Waals surface area (Å²) in [4.78, 5) is 18.8. The minimum Gasteiger partial charge on any atom is -0.308 e. The van der Waals surface area contributed by atoms with Crippen LogP contribution in [-0.4, -0.2) is 10.9 Å². The second-order valence-corrected chi connectivity index (χ2v) is 5.13. The minimum absolute atomic E-state index is 0.0712. The summed E-state index contributed by atoms with van der Waals surface area (Å²) in [5.41, 5.74) is 1.99. The van der Waals surface area contributed by atoms with E-state index in [-0.39, 0.29) is 11.8 Å². The summed E-state index contributed by atoms with van der Waals surface area (Å²) in [7, 11) is 0. The van der Waals surface area contributed by atoms with Crippen molar-refractivity contribution in [2.24, 2.45) is 5.92 Å². The average Bonchev–Trinajstić information content (AvgIpc) is 2.55. The Morgan fingerprint density at radius 3 is 2.38 bits per heavy atom. The van der Waals surface area contributed by atoms with E-state index in [1.165, 1.54) is 0 Å². The number of hydrogen-bond acceptors (Lipinski definition) is 2. The Hall–Kier alpha value is -2.16. The number of hydrogen-bond donors (Lipinski definition) is 0. The van der Waals surface area contributed by atoms with E-state index < -0.39 is 0 Å². The lowest BCUT2D eigenvalue weighted by Gasteiger charge is -2.26. The van der Waals surface area contributed by atoms with Crippen LogP contribution in [0, 0.1) is 5.92 Å². The van der Waals surface area contributed by atoms with E-state index in [1.54, 1.807) is 6.20 Å². The van der Waals surface area contributed by atoms with Crippen molar-refractivity contribution in [3.63, 3.8) is 0 Å². The molecule has 110 valence electrons. The third kappa shape index (κ3) is 3.91. The van der Waals surface area contributed by atoms with Crippen LogP contribution < -0.4 is 4.90 Å². The van der Waals surface area contributed by atoms with Crippen molar-refractivity contribution in [3.05, 3.63) is 60.4 Å². The first-order valence-corrected chi connectivity index (χ1v) is 7.51. The molecule has 0 fully saturated rings. The van der Waals surface area contributed by atoms with E-state index in [4.69, 9.17) is 0 Å². The van der Waals surface area contributed by atoms with Crippen molar-refractivity contribution in [3.8, 4) is 0 Å². The highest BCUT2D eigenvalue weighted by atomic mass is 16.2. The number of rotatable bonds is 6. The highest BCUT2D eigenvalue weighted by Crippen LogP contribution is 2.22. The molecule has 1 aromatic heterocycles. The lowest BCUT2D eigenvalue weighted by molar-refractivity contribution is -0.122. The summed E-state index contributed by atoms with van der Waals surface area (Å²) >= 11 is 0. The standard InChI is InChI=1S/C18H22N2O/c1-3-16(4-2)18(21)20(17-10-6-5-7-11-17)14-15-9-8-12-19-13-15/h5-13,16H,3-4,14H2,1-2H3. The monoisotopic (exact) mass is 282 g/mol. The van der Waals surface area contributed by atoms with Gasteiger partial charge in [0.1, 0.15) is 0 Å². The molecule has 2 aromatic rings. The Kier molecular flexibility index (Phi) is 5.50. The number of pyridine rings is 1. The number of carbonyl (C=O) groups is 1. The van der Waals surface area contributed by atoms with Gasteiger partial charge in [0.05, 0.1) is 6.54 Å². The van der Waals surface area contributed by atoms with Gasteiger partial charge in [0, 0.05) is 24.0 Å². The zero-order valence-electron chi connectivity index (χ0n) is 12.7. The number of carbonyl (C=O) groups excluding carboxylic acids is 1. The van der Waals surface area contributed by atoms with Gasteiger partial charge < -0.3 is 4.90 Å². The van der Waals surface area contributed by atoms with Crippen LogP contribution in [0.25, 0.3) is 0 Å². The highest BCUT2D eigenvalue weighted by Gasteiger charge is 2.22. The van der Waals surface area contributed by atoms with Crippen LogP contribution in [0.5, 0.6) is 0 Å². The predicted molar refractivity (Wildman–Crippen MR) is 85.9 cm³/mol. The SMILES string of the molecule is CCC(CC)C(=O)N(Cc1cccnc1)c1ccccc1. The maximum Gasteiger partial charge on any atom is 0.230 e. The summed E-state index contributed by atoms with van der Waals surface area (Å²) in [5.74, 6) is 0.261. The van der Waals surface area contributed by atoms with Gasteiger partial charge >= 0.3 is 0 Å². The number of nitrogens with zero attached hydrogens (tertiary/aromatic N) is 2. The number of benzene rings is 1. The zero-order valence-corrected chi connectivity index (χ0v) is 12.7. The van der Waals surface area contributed by atoms with E-state index >= 15 is 0 Å². The van der Waals surface area contributed by atoms with Crippen LogP contribution in [0.4, 0.5) is 5.69 Å². The third-order valence-corrected chi connectivity index (χ3v) is 3.73. The highest BCUT2D eigenvalue weighted by molar-refractivity contribution is 5.94. The smallest absolute Gasteiger partial charge is 0.230 e. The molecule has 0 aliphatic rings. The fourth-order valence-corrected chi connectivity index (χ4v) is 2.44. The Bertz CT molecular complexity index is 550. The van der Waals surface area contributed by atoms with Gasteiger partial charge in [-0.2, -0.15) is 0 Å². The molecule has 1 heterocycles. The second-order valence-electron chi connectivity index (χ2n) is 5.13. The Labute approximate surface area is 126 Å². The Balaban J connectivity index is 2.29. The number of aromatic nitrogens is 1. The van der Waals surface area contributed by atoms with Gasteiger partial charge in [-0.3, -0.25) is 9.78 Å². The van der Waals surface area contributed by atoms with Gasteiger partial charge in [0.2, 0.25) is 5.91 Å². The average molecular weight is 282 g/mol. The molecule has 0 aliphatic heterocycles. The maximum atomic E-state index is 12.8. The molecule has 0 radical (unpaired) electrons. The van der Waals surface area contributed by atoms with Crippen LogP contribution in [0.3, 0.4) is 0 Å². The van der Waals surface area contributed by atoms with Gasteiger partial charge in [0.15, 0.2) is 0 Å². The number of para-hydroxylation sites is 1. The van der Waals surface area contributed by atoms with E-state index in [0.717, 1.165) is 24.1 Å². The molecule has 21 heavy (non-hydrogen) atoms. The fourth-order valence-electron chi connectivity index (χ4n) is 2.44. The van der Waals surface area contributed by atoms with Crippen LogP contribution in [-0.2, 0) is 11.3 Å². The second kappa shape index (κ2) is 7.58. The number of anilines is 1. The first-order chi connectivity index (χ1) is 10.3. The lowest BCUT2D eigenvalue weighted by Crippen LogP contribution is -2.35. The summed E-state index contributed by atoms with van der Waals surface area (Å²) in [6.45, 7) is 4.70. The van der Waals surface area contributed by atoms with Crippen LogP contribution in [0.2, 0.25) is 0 Å². The van der Waals surface area contributed by atoms with Crippen molar-refractivity contribution in [1.82, 2.24) is 4.98 Å². The summed E-state index contributed by atoms with van der Waals surface area (Å²) in [6.07, 6.45) is 5.30. The molecule has 0 saturated heterocycles. The zero-order chi connectivity index (χ0) is 15.1. The van der Waals surface area contributed by atoms with Crippen LogP contribution in [0.1, 0.15) is 32.3 Å². The molecule has 1 aromatic carbocycles. The van der Waals surface area contributed by atoms with E-state index in [1.807, 2.05) is 53.6 Å². The van der Waals surface area contributed by atoms with Crippen molar-refractivity contribution >= 4 is 11.6 Å². The Morgan fingerprint density at radius 2 is 1.81 bits per heavy atom. The van der Waals surface area contributed by atoms with Crippen molar-refractivity contribution in [1.29, 1.82) is 0 Å². The first-order valence-electron chi connectivity index (χ1n) is 7.51. The van der Waals surface area contributed by atoms with E-state index in [2.05, 4.69) is 18.8 Å². The maximum absolute atomic E-state index is 12.8. The van der Waals surface area contributed by atoms with Gasteiger partial charge in [0.25, 0.3) is 0 Å². The lowest BCUT2D eigenvalue weighted by atomic mass is 10.0. The number of amides is 1. The molecule has 0 N–H and O–H groups in total. The van der Waals surface area contributed by atoms with Gasteiger partial charge in [-0.1, -0.05) is 38.1 Å². The molecule has 0 aliphatic carbocycles. The largest absolute Gasteiger partial charge is 0.308 e. The van der Waals surface area contributed by atoms with Crippen LogP contribution >= 0.6 is 0 Å². The fraction of sp³-hybridized carbons (Fsp3) is 0.333. The predicted octanol–water partition coefficient (Wildman–Crippen LogP) is 4.05. The van der Waals surface area contributed by atoms with Crippen molar-refractivity contribution in [2.75, 3.05) is 4.90 Å². The molecule has 2 rings (SSSR count). The molecular weight excluding hydrogens is 260 g/mol. The molecule has 0 saturated carbocycles. The molecule has 0 unspecified atom stereocenters. The molecule has 3 nitrogen and oxygen atoms in total. The Morgan fingerprint density at radius 1 is 1.10 bits per heavy atom. The van der Waals surface area contributed by atoms with Gasteiger partial charge in [-0.05, 0) is 36.6 Å². The van der Waals surface area contributed by atoms with Gasteiger partial charge in [-0.15, -0.1) is 0 Å². The summed E-state index contributed by atoms with van der Waals surface area (Å²) in [5, 5.41) is 0. The van der Waals surface area contributed by atoms with Crippen LogP contribution in [0.15, 0.2) is 54.9 Å². The minimum atomic E-state index is 0.0712. The van der Waals surface area contributed by atoms with E-state index in [0.29, 0.717) is 6.54 Å².